The summed E-state index contributed by atoms with van der Waals surface area (Å²) in [5.74, 6) is 1.99. The molecular weight excluding hydrogens is 398 g/mol. The standard InChI is InChI=1S/C22H21N5O4/c1-13-18(11-25-27-13)26-21(28)8-14-4-6-15(7-5-14)31-22-16-9-19(29-2)20(30-3)10-17(16)23-12-24-22/h4-7,9-12H,8H2,1-3H3,(H,25,27)(H,26,28). The average molecular weight is 419 g/mol. The van der Waals surface area contributed by atoms with Crippen molar-refractivity contribution in [2.45, 2.75) is 13.3 Å². The van der Waals surface area contributed by atoms with Gasteiger partial charge in [0.15, 0.2) is 11.5 Å². The molecule has 31 heavy (non-hydrogen) atoms. The van der Waals surface area contributed by atoms with E-state index in [4.69, 9.17) is 14.2 Å². The maximum atomic E-state index is 12.2. The van der Waals surface area contributed by atoms with Crippen molar-refractivity contribution < 1.29 is 19.0 Å². The van der Waals surface area contributed by atoms with Gasteiger partial charge in [0.2, 0.25) is 11.8 Å². The van der Waals surface area contributed by atoms with Crippen molar-refractivity contribution in [3.8, 4) is 23.1 Å². The number of hydrogen-bond acceptors (Lipinski definition) is 7. The molecule has 9 heteroatoms. The van der Waals surface area contributed by atoms with Crippen LogP contribution in [0.25, 0.3) is 10.9 Å². The van der Waals surface area contributed by atoms with Gasteiger partial charge < -0.3 is 19.5 Å². The number of H-pyrrole nitrogens is 1. The van der Waals surface area contributed by atoms with Gasteiger partial charge in [0.25, 0.3) is 0 Å². The van der Waals surface area contributed by atoms with Crippen molar-refractivity contribution in [1.82, 2.24) is 20.2 Å². The number of aromatic nitrogens is 4. The summed E-state index contributed by atoms with van der Waals surface area (Å²) in [5, 5.41) is 10.2. The molecule has 4 aromatic rings. The van der Waals surface area contributed by atoms with Crippen LogP contribution in [0.5, 0.6) is 23.1 Å². The lowest BCUT2D eigenvalue weighted by Crippen LogP contribution is -2.14. The predicted molar refractivity (Wildman–Crippen MR) is 115 cm³/mol. The lowest BCUT2D eigenvalue weighted by atomic mass is 10.1. The third-order valence-corrected chi connectivity index (χ3v) is 4.71. The summed E-state index contributed by atoms with van der Waals surface area (Å²) in [5.41, 5.74) is 3.01. The van der Waals surface area contributed by atoms with Gasteiger partial charge in [0, 0.05) is 6.07 Å². The fourth-order valence-corrected chi connectivity index (χ4v) is 3.08. The van der Waals surface area contributed by atoms with Gasteiger partial charge in [-0.2, -0.15) is 5.10 Å². The molecule has 0 spiro atoms. The molecule has 0 unspecified atom stereocenters. The van der Waals surface area contributed by atoms with E-state index in [0.29, 0.717) is 39.7 Å². The van der Waals surface area contributed by atoms with Crippen molar-refractivity contribution in [2.75, 3.05) is 19.5 Å². The Morgan fingerprint density at radius 2 is 1.81 bits per heavy atom. The molecule has 0 bridgehead atoms. The van der Waals surface area contributed by atoms with E-state index in [2.05, 4.69) is 25.5 Å². The Labute approximate surface area is 178 Å². The zero-order valence-electron chi connectivity index (χ0n) is 17.3. The van der Waals surface area contributed by atoms with Crippen molar-refractivity contribution in [1.29, 1.82) is 0 Å². The second-order valence-electron chi connectivity index (χ2n) is 6.78. The second-order valence-corrected chi connectivity index (χ2v) is 6.78. The zero-order valence-corrected chi connectivity index (χ0v) is 17.3. The average Bonchev–Trinajstić information content (AvgIpc) is 3.18. The number of ether oxygens (including phenoxy) is 3. The number of carbonyl (C=O) groups excluding carboxylic acids is 1. The van der Waals surface area contributed by atoms with E-state index in [1.807, 2.05) is 19.1 Å². The lowest BCUT2D eigenvalue weighted by molar-refractivity contribution is -0.115. The molecule has 0 fully saturated rings. The first-order valence-corrected chi connectivity index (χ1v) is 9.50. The van der Waals surface area contributed by atoms with Gasteiger partial charge in [-0.25, -0.2) is 9.97 Å². The summed E-state index contributed by atoms with van der Waals surface area (Å²) in [6.45, 7) is 1.84. The Morgan fingerprint density at radius 1 is 1.06 bits per heavy atom. The minimum atomic E-state index is -0.124. The molecule has 4 rings (SSSR count). The quantitative estimate of drug-likeness (QED) is 0.470. The fraction of sp³-hybridized carbons (Fsp3) is 0.182. The summed E-state index contributed by atoms with van der Waals surface area (Å²) >= 11 is 0. The first-order chi connectivity index (χ1) is 15.1. The van der Waals surface area contributed by atoms with Crippen LogP contribution in [0.1, 0.15) is 11.3 Å². The summed E-state index contributed by atoms with van der Waals surface area (Å²) in [4.78, 5) is 20.8. The minimum Gasteiger partial charge on any atom is -0.493 e. The van der Waals surface area contributed by atoms with E-state index in [1.54, 1.807) is 44.7 Å². The van der Waals surface area contributed by atoms with Crippen LogP contribution < -0.4 is 19.5 Å². The predicted octanol–water partition coefficient (Wildman–Crippen LogP) is 3.65. The topological polar surface area (TPSA) is 111 Å². The van der Waals surface area contributed by atoms with Gasteiger partial charge in [-0.3, -0.25) is 9.89 Å². The van der Waals surface area contributed by atoms with Gasteiger partial charge in [-0.1, -0.05) is 12.1 Å². The highest BCUT2D eigenvalue weighted by Crippen LogP contribution is 2.35. The molecular formula is C22H21N5O4. The van der Waals surface area contributed by atoms with E-state index in [9.17, 15) is 4.79 Å². The highest BCUT2D eigenvalue weighted by molar-refractivity contribution is 5.92. The molecule has 0 saturated carbocycles. The number of methoxy groups -OCH3 is 2. The summed E-state index contributed by atoms with van der Waals surface area (Å²) in [7, 11) is 3.14. The maximum Gasteiger partial charge on any atom is 0.230 e. The Bertz CT molecular complexity index is 1220. The number of fused-ring (bicyclic) bond motifs is 1. The van der Waals surface area contributed by atoms with Gasteiger partial charge in [-0.05, 0) is 30.7 Å². The molecule has 0 atom stereocenters. The Balaban J connectivity index is 1.49. The van der Waals surface area contributed by atoms with E-state index < -0.39 is 0 Å². The monoisotopic (exact) mass is 419 g/mol. The van der Waals surface area contributed by atoms with Crippen molar-refractivity contribution in [2.24, 2.45) is 0 Å². The highest BCUT2D eigenvalue weighted by Gasteiger charge is 2.13. The highest BCUT2D eigenvalue weighted by atomic mass is 16.5. The third kappa shape index (κ3) is 4.40. The number of aryl methyl sites for hydroxylation is 1. The number of aromatic amines is 1. The molecule has 9 nitrogen and oxygen atoms in total. The van der Waals surface area contributed by atoms with Crippen molar-refractivity contribution in [3.05, 3.63) is 60.2 Å². The van der Waals surface area contributed by atoms with Crippen LogP contribution in [0, 0.1) is 6.92 Å². The Hall–Kier alpha value is -4.14. The van der Waals surface area contributed by atoms with E-state index >= 15 is 0 Å². The number of amides is 1. The molecule has 0 saturated heterocycles. The lowest BCUT2D eigenvalue weighted by Gasteiger charge is -2.11. The van der Waals surface area contributed by atoms with Crippen LogP contribution in [0.2, 0.25) is 0 Å². The van der Waals surface area contributed by atoms with E-state index in [1.165, 1.54) is 6.33 Å². The molecule has 1 amide bonds. The van der Waals surface area contributed by atoms with Crippen LogP contribution in [-0.2, 0) is 11.2 Å². The SMILES string of the molecule is COc1cc2ncnc(Oc3ccc(CC(=O)Nc4cn[nH]c4C)cc3)c2cc1OC. The zero-order chi connectivity index (χ0) is 21.8. The number of anilines is 1. The number of nitrogens with one attached hydrogen (secondary N) is 2. The van der Waals surface area contributed by atoms with Gasteiger partial charge in [0.05, 0.1) is 49.1 Å². The first-order valence-electron chi connectivity index (χ1n) is 9.50. The minimum absolute atomic E-state index is 0.124. The number of rotatable bonds is 7. The van der Waals surface area contributed by atoms with Crippen LogP contribution in [0.3, 0.4) is 0 Å². The number of hydrogen-bond donors (Lipinski definition) is 2. The van der Waals surface area contributed by atoms with Crippen LogP contribution >= 0.6 is 0 Å². The molecule has 0 aliphatic carbocycles. The number of carbonyl (C=O) groups is 1. The van der Waals surface area contributed by atoms with E-state index in [0.717, 1.165) is 11.3 Å². The molecule has 2 aromatic carbocycles. The number of benzene rings is 2. The molecule has 158 valence electrons. The molecule has 0 radical (unpaired) electrons. The van der Waals surface area contributed by atoms with Crippen LogP contribution in [-0.4, -0.2) is 40.3 Å². The summed E-state index contributed by atoms with van der Waals surface area (Å²) < 4.78 is 16.7. The molecule has 0 aliphatic heterocycles. The Kier molecular flexibility index (Phi) is 5.65. The second kappa shape index (κ2) is 8.70. The summed E-state index contributed by atoms with van der Waals surface area (Å²) in [6, 6.07) is 10.8. The molecule has 2 N–H and O–H groups in total. The maximum absolute atomic E-state index is 12.2. The third-order valence-electron chi connectivity index (χ3n) is 4.71. The number of nitrogens with zero attached hydrogens (tertiary/aromatic N) is 3. The fourth-order valence-electron chi connectivity index (χ4n) is 3.08. The largest absolute Gasteiger partial charge is 0.493 e. The van der Waals surface area contributed by atoms with Crippen molar-refractivity contribution >= 4 is 22.5 Å². The summed E-state index contributed by atoms with van der Waals surface area (Å²) in [6.07, 6.45) is 3.25. The smallest absolute Gasteiger partial charge is 0.230 e. The van der Waals surface area contributed by atoms with Crippen LogP contribution in [0.4, 0.5) is 5.69 Å². The molecule has 2 heterocycles. The Morgan fingerprint density at radius 3 is 2.48 bits per heavy atom. The van der Waals surface area contributed by atoms with Gasteiger partial charge in [0.1, 0.15) is 12.1 Å². The normalized spacial score (nSPS) is 10.7. The van der Waals surface area contributed by atoms with Gasteiger partial charge in [-0.15, -0.1) is 0 Å². The van der Waals surface area contributed by atoms with Gasteiger partial charge >= 0.3 is 0 Å². The van der Waals surface area contributed by atoms with Crippen LogP contribution in [0.15, 0.2) is 48.9 Å². The molecule has 2 aromatic heterocycles. The van der Waals surface area contributed by atoms with E-state index in [-0.39, 0.29) is 12.3 Å². The first kappa shape index (κ1) is 20.1. The molecule has 0 aliphatic rings. The van der Waals surface area contributed by atoms with Crippen molar-refractivity contribution in [3.63, 3.8) is 0 Å².